The van der Waals surface area contributed by atoms with Crippen molar-refractivity contribution in [1.29, 1.82) is 0 Å². The van der Waals surface area contributed by atoms with Crippen LogP contribution in [0.5, 0.6) is 5.75 Å². The summed E-state index contributed by atoms with van der Waals surface area (Å²) in [4.78, 5) is 12.0. The van der Waals surface area contributed by atoms with Crippen LogP contribution in [0.4, 0.5) is 16.3 Å². The Balaban J connectivity index is 1.87. The number of carbonyl (C=O) groups is 1. The number of amides is 2. The number of aryl methyl sites for hydroxylation is 1. The number of phenolic OH excluding ortho intramolecular Hbond substituents is 1. The number of fused-ring (bicyclic) bond motifs is 1. The fourth-order valence-electron chi connectivity index (χ4n) is 2.17. The molecule has 6 heteroatoms. The summed E-state index contributed by atoms with van der Waals surface area (Å²) in [6.07, 6.45) is 1.60. The molecule has 0 atom stereocenters. The van der Waals surface area contributed by atoms with Gasteiger partial charge in [-0.25, -0.2) is 4.79 Å². The van der Waals surface area contributed by atoms with E-state index in [0.29, 0.717) is 16.9 Å². The van der Waals surface area contributed by atoms with Gasteiger partial charge >= 0.3 is 6.03 Å². The molecule has 106 valence electrons. The van der Waals surface area contributed by atoms with Crippen LogP contribution in [0.1, 0.15) is 0 Å². The largest absolute Gasteiger partial charge is 0.507 e. The van der Waals surface area contributed by atoms with Gasteiger partial charge in [0, 0.05) is 23.9 Å². The Kier molecular flexibility index (Phi) is 3.19. The fraction of sp³-hybridized carbons (Fsp3) is 0.0667. The number of nitrogens with zero attached hydrogens (tertiary/aromatic N) is 2. The highest BCUT2D eigenvalue weighted by Crippen LogP contribution is 2.29. The zero-order valence-electron chi connectivity index (χ0n) is 11.4. The van der Waals surface area contributed by atoms with Crippen molar-refractivity contribution in [3.05, 3.63) is 48.7 Å². The van der Waals surface area contributed by atoms with Crippen LogP contribution in [-0.4, -0.2) is 20.9 Å². The first-order valence-corrected chi connectivity index (χ1v) is 6.42. The molecule has 2 amide bonds. The lowest BCUT2D eigenvalue weighted by Gasteiger charge is -2.10. The van der Waals surface area contributed by atoms with Crippen molar-refractivity contribution in [2.75, 3.05) is 10.6 Å². The van der Waals surface area contributed by atoms with E-state index < -0.39 is 0 Å². The normalized spacial score (nSPS) is 10.5. The molecule has 1 heterocycles. The number of hydrogen-bond donors (Lipinski definition) is 3. The minimum atomic E-state index is -0.366. The number of carbonyl (C=O) groups excluding carboxylic acids is 1. The van der Waals surface area contributed by atoms with Crippen molar-refractivity contribution in [2.45, 2.75) is 0 Å². The molecule has 0 bridgehead atoms. The van der Waals surface area contributed by atoms with Crippen LogP contribution in [0.2, 0.25) is 0 Å². The first kappa shape index (κ1) is 13.0. The van der Waals surface area contributed by atoms with Gasteiger partial charge in [0.2, 0.25) is 0 Å². The molecular weight excluding hydrogens is 268 g/mol. The fourth-order valence-corrected chi connectivity index (χ4v) is 2.17. The Labute approximate surface area is 121 Å². The molecule has 0 aliphatic rings. The summed E-state index contributed by atoms with van der Waals surface area (Å²) in [6.45, 7) is 0. The third-order valence-electron chi connectivity index (χ3n) is 3.21. The van der Waals surface area contributed by atoms with Gasteiger partial charge in [0.25, 0.3) is 0 Å². The molecule has 3 N–H and O–H groups in total. The van der Waals surface area contributed by atoms with Crippen molar-refractivity contribution in [3.8, 4) is 5.75 Å². The number of benzene rings is 2. The summed E-state index contributed by atoms with van der Waals surface area (Å²) in [6, 6.07) is 11.9. The number of phenols is 1. The van der Waals surface area contributed by atoms with Crippen molar-refractivity contribution in [1.82, 2.24) is 9.78 Å². The smallest absolute Gasteiger partial charge is 0.324 e. The Bertz CT molecular complexity index is 810. The van der Waals surface area contributed by atoms with E-state index in [2.05, 4.69) is 15.7 Å². The van der Waals surface area contributed by atoms with Crippen LogP contribution in [0.25, 0.3) is 10.8 Å². The van der Waals surface area contributed by atoms with E-state index in [-0.39, 0.29) is 11.8 Å². The van der Waals surface area contributed by atoms with Gasteiger partial charge < -0.3 is 10.4 Å². The molecular formula is C15H14N4O2. The topological polar surface area (TPSA) is 79.2 Å². The summed E-state index contributed by atoms with van der Waals surface area (Å²) in [7, 11) is 1.74. The maximum Gasteiger partial charge on any atom is 0.324 e. The number of urea groups is 1. The highest BCUT2D eigenvalue weighted by Gasteiger charge is 2.09. The molecule has 0 fully saturated rings. The molecule has 0 aliphatic carbocycles. The van der Waals surface area contributed by atoms with Crippen LogP contribution in [0.15, 0.2) is 48.7 Å². The SMILES string of the molecule is Cn1nccc1NC(=O)Nc1cccc2c(O)cccc12. The number of aromatic nitrogens is 2. The predicted octanol–water partition coefficient (Wildman–Crippen LogP) is 2.92. The lowest BCUT2D eigenvalue weighted by atomic mass is 10.1. The van der Waals surface area contributed by atoms with Gasteiger partial charge in [0.15, 0.2) is 0 Å². The monoisotopic (exact) mass is 282 g/mol. The van der Waals surface area contributed by atoms with Crippen molar-refractivity contribution >= 4 is 28.3 Å². The summed E-state index contributed by atoms with van der Waals surface area (Å²) >= 11 is 0. The van der Waals surface area contributed by atoms with Gasteiger partial charge in [-0.1, -0.05) is 24.3 Å². The third-order valence-corrected chi connectivity index (χ3v) is 3.21. The van der Waals surface area contributed by atoms with Gasteiger partial charge in [-0.15, -0.1) is 0 Å². The highest BCUT2D eigenvalue weighted by atomic mass is 16.3. The van der Waals surface area contributed by atoms with Gasteiger partial charge in [-0.05, 0) is 12.1 Å². The molecule has 0 aliphatic heterocycles. The second kappa shape index (κ2) is 5.16. The molecule has 6 nitrogen and oxygen atoms in total. The Morgan fingerprint density at radius 1 is 1.10 bits per heavy atom. The minimum absolute atomic E-state index is 0.184. The lowest BCUT2D eigenvalue weighted by molar-refractivity contribution is 0.262. The molecule has 0 saturated carbocycles. The average molecular weight is 282 g/mol. The molecule has 0 unspecified atom stereocenters. The molecule has 1 aromatic heterocycles. The van der Waals surface area contributed by atoms with Crippen molar-refractivity contribution in [3.63, 3.8) is 0 Å². The molecule has 21 heavy (non-hydrogen) atoms. The zero-order chi connectivity index (χ0) is 14.8. The van der Waals surface area contributed by atoms with E-state index in [1.165, 1.54) is 0 Å². The van der Waals surface area contributed by atoms with Crippen LogP contribution in [0.3, 0.4) is 0 Å². The van der Waals surface area contributed by atoms with Crippen molar-refractivity contribution in [2.24, 2.45) is 7.05 Å². The first-order chi connectivity index (χ1) is 10.1. The molecule has 0 radical (unpaired) electrons. The van der Waals surface area contributed by atoms with Crippen molar-refractivity contribution < 1.29 is 9.90 Å². The van der Waals surface area contributed by atoms with Crippen LogP contribution < -0.4 is 10.6 Å². The summed E-state index contributed by atoms with van der Waals surface area (Å²) in [5.74, 6) is 0.777. The van der Waals surface area contributed by atoms with Crippen LogP contribution >= 0.6 is 0 Å². The van der Waals surface area contributed by atoms with Gasteiger partial charge in [-0.2, -0.15) is 5.10 Å². The number of nitrogens with one attached hydrogen (secondary N) is 2. The summed E-state index contributed by atoms with van der Waals surface area (Å²) < 4.78 is 1.56. The van der Waals surface area contributed by atoms with E-state index in [0.717, 1.165) is 5.39 Å². The average Bonchev–Trinajstić information content (AvgIpc) is 2.85. The van der Waals surface area contributed by atoms with E-state index in [4.69, 9.17) is 0 Å². The Morgan fingerprint density at radius 3 is 2.62 bits per heavy atom. The van der Waals surface area contributed by atoms with Gasteiger partial charge in [-0.3, -0.25) is 10.00 Å². The van der Waals surface area contributed by atoms with Crippen LogP contribution in [-0.2, 0) is 7.05 Å². The standard InChI is InChI=1S/C15H14N4O2/c1-19-14(8-9-16-19)18-15(21)17-12-6-2-5-11-10(12)4-3-7-13(11)20/h2-9,20H,1H3,(H2,17,18,21). The second-order valence-corrected chi connectivity index (χ2v) is 4.60. The zero-order valence-corrected chi connectivity index (χ0v) is 11.4. The molecule has 3 aromatic rings. The van der Waals surface area contributed by atoms with Gasteiger partial charge in [0.1, 0.15) is 11.6 Å². The maximum absolute atomic E-state index is 12.0. The number of anilines is 2. The summed E-state index contributed by atoms with van der Waals surface area (Å²) in [5.41, 5.74) is 0.628. The molecule has 2 aromatic carbocycles. The van der Waals surface area contributed by atoms with Gasteiger partial charge in [0.05, 0.1) is 11.9 Å². The third kappa shape index (κ3) is 2.51. The Hall–Kier alpha value is -3.02. The highest BCUT2D eigenvalue weighted by molar-refractivity contribution is 6.07. The lowest BCUT2D eigenvalue weighted by Crippen LogP contribution is -2.21. The minimum Gasteiger partial charge on any atom is -0.507 e. The molecule has 0 spiro atoms. The molecule has 0 saturated heterocycles. The predicted molar refractivity (Wildman–Crippen MR) is 81.5 cm³/mol. The quantitative estimate of drug-likeness (QED) is 0.676. The number of aromatic hydroxyl groups is 1. The van der Waals surface area contributed by atoms with Crippen LogP contribution in [0, 0.1) is 0 Å². The van der Waals surface area contributed by atoms with E-state index in [9.17, 15) is 9.90 Å². The second-order valence-electron chi connectivity index (χ2n) is 4.60. The molecule has 3 rings (SSSR count). The number of rotatable bonds is 2. The Morgan fingerprint density at radius 2 is 1.86 bits per heavy atom. The first-order valence-electron chi connectivity index (χ1n) is 6.42. The van der Waals surface area contributed by atoms with E-state index in [1.807, 2.05) is 6.07 Å². The maximum atomic E-state index is 12.0. The van der Waals surface area contributed by atoms with E-state index in [1.54, 1.807) is 54.3 Å². The summed E-state index contributed by atoms with van der Waals surface area (Å²) in [5, 5.41) is 20.8. The number of hydrogen-bond acceptors (Lipinski definition) is 3. The van der Waals surface area contributed by atoms with E-state index >= 15 is 0 Å².